The van der Waals surface area contributed by atoms with E-state index in [9.17, 15) is 9.59 Å². The van der Waals surface area contributed by atoms with Gasteiger partial charge in [-0.1, -0.05) is 12.1 Å². The molecule has 0 aliphatic carbocycles. The summed E-state index contributed by atoms with van der Waals surface area (Å²) in [7, 11) is 5.89. The Morgan fingerprint density at radius 3 is 2.30 bits per heavy atom. The van der Waals surface area contributed by atoms with Crippen molar-refractivity contribution in [3.8, 4) is 17.2 Å². The molecule has 1 atom stereocenters. The second kappa shape index (κ2) is 9.47. The second-order valence-electron chi connectivity index (χ2n) is 5.65. The SMILES string of the molecule is COC(=O)CC(NC(=O)c1cccc(OC)c1)c1ccc(OC)c(OC)c1. The molecule has 1 amide bonds. The van der Waals surface area contributed by atoms with Crippen LogP contribution in [-0.4, -0.2) is 40.3 Å². The number of esters is 1. The van der Waals surface area contributed by atoms with Gasteiger partial charge in [-0.25, -0.2) is 0 Å². The molecule has 0 aliphatic heterocycles. The highest BCUT2D eigenvalue weighted by atomic mass is 16.5. The molecule has 144 valence electrons. The zero-order valence-electron chi connectivity index (χ0n) is 15.8. The highest BCUT2D eigenvalue weighted by Crippen LogP contribution is 2.31. The van der Waals surface area contributed by atoms with Gasteiger partial charge in [0.1, 0.15) is 5.75 Å². The molecular formula is C20H23NO6. The number of nitrogens with one attached hydrogen (secondary N) is 1. The highest BCUT2D eigenvalue weighted by Gasteiger charge is 2.21. The minimum Gasteiger partial charge on any atom is -0.497 e. The number of carbonyl (C=O) groups excluding carboxylic acids is 2. The molecule has 0 aliphatic rings. The maximum absolute atomic E-state index is 12.7. The number of hydrogen-bond acceptors (Lipinski definition) is 6. The molecule has 0 spiro atoms. The molecule has 7 heteroatoms. The lowest BCUT2D eigenvalue weighted by Crippen LogP contribution is -2.30. The van der Waals surface area contributed by atoms with Crippen LogP contribution in [0.3, 0.4) is 0 Å². The molecule has 7 nitrogen and oxygen atoms in total. The predicted octanol–water partition coefficient (Wildman–Crippen LogP) is 2.75. The lowest BCUT2D eigenvalue weighted by atomic mass is 10.0. The molecule has 0 saturated heterocycles. The lowest BCUT2D eigenvalue weighted by molar-refractivity contribution is -0.141. The molecule has 0 saturated carbocycles. The van der Waals surface area contributed by atoms with Crippen molar-refractivity contribution < 1.29 is 28.5 Å². The minimum atomic E-state index is -0.601. The maximum Gasteiger partial charge on any atom is 0.307 e. The highest BCUT2D eigenvalue weighted by molar-refractivity contribution is 5.95. The Morgan fingerprint density at radius 2 is 1.67 bits per heavy atom. The third-order valence-corrected chi connectivity index (χ3v) is 4.05. The summed E-state index contributed by atoms with van der Waals surface area (Å²) in [4.78, 5) is 24.5. The van der Waals surface area contributed by atoms with Crippen molar-refractivity contribution in [2.45, 2.75) is 12.5 Å². The van der Waals surface area contributed by atoms with E-state index < -0.39 is 12.0 Å². The first kappa shape index (κ1) is 20.1. The summed E-state index contributed by atoms with van der Waals surface area (Å²) in [5.41, 5.74) is 1.11. The molecule has 2 aromatic rings. The first-order valence-corrected chi connectivity index (χ1v) is 8.26. The summed E-state index contributed by atoms with van der Waals surface area (Å²) in [6, 6.07) is 11.4. The van der Waals surface area contributed by atoms with Crippen LogP contribution in [0.4, 0.5) is 0 Å². The molecule has 2 aromatic carbocycles. The van der Waals surface area contributed by atoms with E-state index in [0.29, 0.717) is 28.4 Å². The Balaban J connectivity index is 2.31. The molecule has 0 bridgehead atoms. The van der Waals surface area contributed by atoms with E-state index in [0.717, 1.165) is 0 Å². The van der Waals surface area contributed by atoms with Crippen molar-refractivity contribution in [3.63, 3.8) is 0 Å². The minimum absolute atomic E-state index is 0.0261. The Hall–Kier alpha value is -3.22. The number of benzene rings is 2. The van der Waals surface area contributed by atoms with Crippen molar-refractivity contribution in [1.29, 1.82) is 0 Å². The van der Waals surface area contributed by atoms with Gasteiger partial charge in [0.25, 0.3) is 5.91 Å². The normalized spacial score (nSPS) is 11.3. The van der Waals surface area contributed by atoms with Crippen molar-refractivity contribution in [3.05, 3.63) is 53.6 Å². The van der Waals surface area contributed by atoms with Gasteiger partial charge in [-0.3, -0.25) is 9.59 Å². The Morgan fingerprint density at radius 1 is 0.926 bits per heavy atom. The number of methoxy groups -OCH3 is 4. The number of amides is 1. The standard InChI is InChI=1S/C20H23NO6/c1-24-15-7-5-6-14(10-15)20(23)21-16(12-19(22)27-4)13-8-9-17(25-2)18(11-13)26-3/h5-11,16H,12H2,1-4H3,(H,21,23). The average molecular weight is 373 g/mol. The number of carbonyl (C=O) groups is 2. The van der Waals surface area contributed by atoms with Crippen LogP contribution in [0.5, 0.6) is 17.2 Å². The average Bonchev–Trinajstić information content (AvgIpc) is 2.72. The van der Waals surface area contributed by atoms with Crippen LogP contribution in [0.15, 0.2) is 42.5 Å². The van der Waals surface area contributed by atoms with E-state index >= 15 is 0 Å². The Bertz CT molecular complexity index is 805. The first-order chi connectivity index (χ1) is 13.0. The van der Waals surface area contributed by atoms with Crippen LogP contribution in [0.1, 0.15) is 28.4 Å². The van der Waals surface area contributed by atoms with Crippen LogP contribution in [0, 0.1) is 0 Å². The fourth-order valence-electron chi connectivity index (χ4n) is 2.58. The molecule has 1 N–H and O–H groups in total. The van der Waals surface area contributed by atoms with Crippen molar-refractivity contribution >= 4 is 11.9 Å². The summed E-state index contributed by atoms with van der Waals surface area (Å²) in [6.07, 6.45) is -0.0261. The van der Waals surface area contributed by atoms with Gasteiger partial charge in [-0.2, -0.15) is 0 Å². The number of rotatable bonds is 8. The van der Waals surface area contributed by atoms with Crippen LogP contribution < -0.4 is 19.5 Å². The van der Waals surface area contributed by atoms with Crippen LogP contribution in [0.2, 0.25) is 0 Å². The van der Waals surface area contributed by atoms with Gasteiger partial charge in [0.15, 0.2) is 11.5 Å². The maximum atomic E-state index is 12.7. The van der Waals surface area contributed by atoms with E-state index in [1.165, 1.54) is 28.4 Å². The summed E-state index contributed by atoms with van der Waals surface area (Å²) in [5, 5.41) is 2.86. The van der Waals surface area contributed by atoms with E-state index in [-0.39, 0.29) is 12.3 Å². The van der Waals surface area contributed by atoms with E-state index in [2.05, 4.69) is 5.32 Å². The van der Waals surface area contributed by atoms with E-state index in [1.54, 1.807) is 42.5 Å². The summed E-state index contributed by atoms with van der Waals surface area (Å²) in [6.45, 7) is 0. The summed E-state index contributed by atoms with van der Waals surface area (Å²) in [5.74, 6) is 0.842. The molecule has 0 fully saturated rings. The van der Waals surface area contributed by atoms with Crippen LogP contribution >= 0.6 is 0 Å². The molecule has 0 radical (unpaired) electrons. The van der Waals surface area contributed by atoms with Gasteiger partial charge in [-0.05, 0) is 35.9 Å². The van der Waals surface area contributed by atoms with Gasteiger partial charge < -0.3 is 24.3 Å². The third kappa shape index (κ3) is 5.13. The van der Waals surface area contributed by atoms with Crippen molar-refractivity contribution in [2.24, 2.45) is 0 Å². The molecule has 1 unspecified atom stereocenters. The number of ether oxygens (including phenoxy) is 4. The fourth-order valence-corrected chi connectivity index (χ4v) is 2.58. The van der Waals surface area contributed by atoms with Gasteiger partial charge in [0.05, 0.1) is 40.9 Å². The Labute approximate surface area is 158 Å². The molecule has 0 heterocycles. The fraction of sp³-hybridized carbons (Fsp3) is 0.300. The topological polar surface area (TPSA) is 83.1 Å². The molecule has 2 rings (SSSR count). The monoisotopic (exact) mass is 373 g/mol. The van der Waals surface area contributed by atoms with Crippen LogP contribution in [-0.2, 0) is 9.53 Å². The largest absolute Gasteiger partial charge is 0.497 e. The Kier molecular flexibility index (Phi) is 7.05. The quantitative estimate of drug-likeness (QED) is 0.717. The second-order valence-corrected chi connectivity index (χ2v) is 5.65. The van der Waals surface area contributed by atoms with Gasteiger partial charge in [-0.15, -0.1) is 0 Å². The summed E-state index contributed by atoms with van der Waals surface area (Å²) >= 11 is 0. The summed E-state index contributed by atoms with van der Waals surface area (Å²) < 4.78 is 20.4. The smallest absolute Gasteiger partial charge is 0.307 e. The van der Waals surface area contributed by atoms with Crippen molar-refractivity contribution in [2.75, 3.05) is 28.4 Å². The van der Waals surface area contributed by atoms with E-state index in [4.69, 9.17) is 18.9 Å². The molecule has 27 heavy (non-hydrogen) atoms. The van der Waals surface area contributed by atoms with Crippen LogP contribution in [0.25, 0.3) is 0 Å². The van der Waals surface area contributed by atoms with Crippen molar-refractivity contribution in [1.82, 2.24) is 5.32 Å². The van der Waals surface area contributed by atoms with Gasteiger partial charge in [0, 0.05) is 5.56 Å². The molecule has 0 aromatic heterocycles. The predicted molar refractivity (Wildman–Crippen MR) is 99.4 cm³/mol. The molecular weight excluding hydrogens is 350 g/mol. The van der Waals surface area contributed by atoms with E-state index in [1.807, 2.05) is 0 Å². The lowest BCUT2D eigenvalue weighted by Gasteiger charge is -2.20. The van der Waals surface area contributed by atoms with Gasteiger partial charge >= 0.3 is 5.97 Å². The number of hydrogen-bond donors (Lipinski definition) is 1. The van der Waals surface area contributed by atoms with Gasteiger partial charge in [0.2, 0.25) is 0 Å². The first-order valence-electron chi connectivity index (χ1n) is 8.26. The zero-order valence-corrected chi connectivity index (χ0v) is 15.8. The zero-order chi connectivity index (χ0) is 19.8. The third-order valence-electron chi connectivity index (χ3n) is 4.05.